The highest BCUT2D eigenvalue weighted by Crippen LogP contribution is 2.12. The van der Waals surface area contributed by atoms with Gasteiger partial charge in [-0.2, -0.15) is 0 Å². The zero-order chi connectivity index (χ0) is 21.3. The van der Waals surface area contributed by atoms with Gasteiger partial charge in [-0.25, -0.2) is 9.18 Å². The lowest BCUT2D eigenvalue weighted by molar-refractivity contribution is -0.147. The van der Waals surface area contributed by atoms with Gasteiger partial charge >= 0.3 is 11.9 Å². The molecule has 1 aromatic rings. The van der Waals surface area contributed by atoms with Crippen molar-refractivity contribution in [2.75, 3.05) is 6.61 Å². The third-order valence-electron chi connectivity index (χ3n) is 3.97. The standard InChI is InChI=1S/C19H25FN2O6/c1-4-28-16(24)9-11(2)17(19(26)27)22-18(25)15(21-12(3)23)10-13-5-7-14(20)8-6-13/h5-8,11,15,17H,4,9-10H2,1-3H3,(H,21,23)(H,22,25)(H,26,27)/t11-,15-,17+/m1/s1. The first-order valence-corrected chi connectivity index (χ1v) is 8.84. The minimum atomic E-state index is -1.35. The molecule has 0 spiro atoms. The highest BCUT2D eigenvalue weighted by Gasteiger charge is 2.31. The van der Waals surface area contributed by atoms with Crippen LogP contribution in [-0.4, -0.2) is 47.6 Å². The number of hydrogen-bond donors (Lipinski definition) is 3. The fourth-order valence-electron chi connectivity index (χ4n) is 2.61. The largest absolute Gasteiger partial charge is 0.480 e. The summed E-state index contributed by atoms with van der Waals surface area (Å²) in [5.74, 6) is -4.25. The molecule has 0 aliphatic rings. The van der Waals surface area contributed by atoms with Crippen LogP contribution in [0.25, 0.3) is 0 Å². The lowest BCUT2D eigenvalue weighted by Gasteiger charge is -2.24. The Hall–Kier alpha value is -2.97. The van der Waals surface area contributed by atoms with Gasteiger partial charge in [-0.1, -0.05) is 19.1 Å². The molecule has 3 N–H and O–H groups in total. The molecule has 3 atom stereocenters. The van der Waals surface area contributed by atoms with E-state index in [1.54, 1.807) is 6.92 Å². The Morgan fingerprint density at radius 3 is 2.25 bits per heavy atom. The maximum atomic E-state index is 13.0. The third-order valence-corrected chi connectivity index (χ3v) is 3.97. The van der Waals surface area contributed by atoms with E-state index in [1.807, 2.05) is 0 Å². The van der Waals surface area contributed by atoms with Crippen LogP contribution >= 0.6 is 0 Å². The summed E-state index contributed by atoms with van der Waals surface area (Å²) >= 11 is 0. The number of carboxylic acids is 1. The molecule has 0 heterocycles. The monoisotopic (exact) mass is 396 g/mol. The third kappa shape index (κ3) is 7.73. The molecule has 0 aliphatic heterocycles. The van der Waals surface area contributed by atoms with Gasteiger partial charge in [0.15, 0.2) is 0 Å². The zero-order valence-corrected chi connectivity index (χ0v) is 16.0. The summed E-state index contributed by atoms with van der Waals surface area (Å²) < 4.78 is 17.9. The normalized spacial score (nSPS) is 13.7. The summed E-state index contributed by atoms with van der Waals surface area (Å²) in [4.78, 5) is 47.2. The van der Waals surface area contributed by atoms with Crippen LogP contribution in [0.3, 0.4) is 0 Å². The summed E-state index contributed by atoms with van der Waals surface area (Å²) in [7, 11) is 0. The van der Waals surface area contributed by atoms with Gasteiger partial charge in [0.2, 0.25) is 11.8 Å². The van der Waals surface area contributed by atoms with E-state index in [0.29, 0.717) is 5.56 Å². The molecule has 0 fully saturated rings. The second kappa shape index (κ2) is 11.0. The van der Waals surface area contributed by atoms with Gasteiger partial charge in [-0.3, -0.25) is 14.4 Å². The average molecular weight is 396 g/mol. The molecule has 0 unspecified atom stereocenters. The molecule has 0 saturated carbocycles. The quantitative estimate of drug-likeness (QED) is 0.508. The predicted octanol–water partition coefficient (Wildman–Crippen LogP) is 1.03. The van der Waals surface area contributed by atoms with Crippen LogP contribution in [0.4, 0.5) is 4.39 Å². The van der Waals surface area contributed by atoms with Crippen molar-refractivity contribution in [3.05, 3.63) is 35.6 Å². The van der Waals surface area contributed by atoms with Gasteiger partial charge in [0, 0.05) is 13.3 Å². The maximum absolute atomic E-state index is 13.0. The Bertz CT molecular complexity index is 707. The lowest BCUT2D eigenvalue weighted by atomic mass is 9.97. The van der Waals surface area contributed by atoms with E-state index >= 15 is 0 Å². The van der Waals surface area contributed by atoms with Crippen LogP contribution in [0, 0.1) is 11.7 Å². The summed E-state index contributed by atoms with van der Waals surface area (Å²) in [6.07, 6.45) is -0.141. The van der Waals surface area contributed by atoms with Gasteiger partial charge in [-0.15, -0.1) is 0 Å². The first-order chi connectivity index (χ1) is 13.1. The Morgan fingerprint density at radius 1 is 1.14 bits per heavy atom. The first kappa shape index (κ1) is 23.1. The second-order valence-electron chi connectivity index (χ2n) is 6.39. The minimum Gasteiger partial charge on any atom is -0.480 e. The number of rotatable bonds is 10. The van der Waals surface area contributed by atoms with Crippen LogP contribution < -0.4 is 10.6 Å². The van der Waals surface area contributed by atoms with E-state index in [-0.39, 0.29) is 19.4 Å². The summed E-state index contributed by atoms with van der Waals surface area (Å²) in [6.45, 7) is 4.52. The summed E-state index contributed by atoms with van der Waals surface area (Å²) in [6, 6.07) is 2.98. The van der Waals surface area contributed by atoms with E-state index in [4.69, 9.17) is 4.74 Å². The number of benzene rings is 1. The minimum absolute atomic E-state index is 0.0459. The molecule has 28 heavy (non-hydrogen) atoms. The number of carboxylic acid groups (broad SMARTS) is 1. The molecule has 1 aromatic carbocycles. The number of nitrogens with one attached hydrogen (secondary N) is 2. The Labute approximate surface area is 162 Å². The van der Waals surface area contributed by atoms with E-state index in [0.717, 1.165) is 0 Å². The number of carbonyl (C=O) groups is 4. The number of hydrogen-bond acceptors (Lipinski definition) is 5. The van der Waals surface area contributed by atoms with Crippen LogP contribution in [0.5, 0.6) is 0 Å². The smallest absolute Gasteiger partial charge is 0.326 e. The predicted molar refractivity (Wildman–Crippen MR) is 97.7 cm³/mol. The zero-order valence-electron chi connectivity index (χ0n) is 16.0. The number of ether oxygens (including phenoxy) is 1. The summed E-state index contributed by atoms with van der Waals surface area (Å²) in [5.41, 5.74) is 0.585. The van der Waals surface area contributed by atoms with Gasteiger partial charge in [-0.05, 0) is 30.5 Å². The molecule has 0 saturated heterocycles. The molecule has 9 heteroatoms. The second-order valence-corrected chi connectivity index (χ2v) is 6.39. The van der Waals surface area contributed by atoms with Crippen molar-refractivity contribution in [1.82, 2.24) is 10.6 Å². The van der Waals surface area contributed by atoms with Crippen LogP contribution in [0.1, 0.15) is 32.8 Å². The number of aliphatic carboxylic acids is 1. The topological polar surface area (TPSA) is 122 Å². The fraction of sp³-hybridized carbons (Fsp3) is 0.474. The Morgan fingerprint density at radius 2 is 1.75 bits per heavy atom. The average Bonchev–Trinajstić information content (AvgIpc) is 2.60. The number of esters is 1. The molecule has 8 nitrogen and oxygen atoms in total. The number of carbonyl (C=O) groups excluding carboxylic acids is 3. The molecular weight excluding hydrogens is 371 g/mol. The molecule has 1 rings (SSSR count). The molecular formula is C19H25FN2O6. The Balaban J connectivity index is 2.89. The van der Waals surface area contributed by atoms with Crippen molar-refractivity contribution < 1.29 is 33.4 Å². The van der Waals surface area contributed by atoms with Crippen molar-refractivity contribution >= 4 is 23.8 Å². The number of amides is 2. The molecule has 0 bridgehead atoms. The van der Waals surface area contributed by atoms with Crippen LogP contribution in [-0.2, 0) is 30.3 Å². The molecule has 0 aliphatic carbocycles. The van der Waals surface area contributed by atoms with E-state index in [1.165, 1.54) is 38.1 Å². The van der Waals surface area contributed by atoms with Gasteiger partial charge in [0.05, 0.1) is 13.0 Å². The van der Waals surface area contributed by atoms with Crippen molar-refractivity contribution in [3.63, 3.8) is 0 Å². The summed E-state index contributed by atoms with van der Waals surface area (Å²) in [5, 5.41) is 14.2. The van der Waals surface area contributed by atoms with E-state index < -0.39 is 47.6 Å². The highest BCUT2D eigenvalue weighted by atomic mass is 19.1. The van der Waals surface area contributed by atoms with Gasteiger partial charge in [0.25, 0.3) is 0 Å². The van der Waals surface area contributed by atoms with E-state index in [9.17, 15) is 28.7 Å². The Kier molecular flexibility index (Phi) is 9.07. The first-order valence-electron chi connectivity index (χ1n) is 8.84. The molecule has 154 valence electrons. The van der Waals surface area contributed by atoms with Crippen molar-refractivity contribution in [3.8, 4) is 0 Å². The molecule has 0 radical (unpaired) electrons. The van der Waals surface area contributed by atoms with Gasteiger partial charge < -0.3 is 20.5 Å². The van der Waals surface area contributed by atoms with Crippen LogP contribution in [0.15, 0.2) is 24.3 Å². The SMILES string of the molecule is CCOC(=O)C[C@@H](C)[C@H](NC(=O)[C@@H](Cc1ccc(F)cc1)NC(C)=O)C(=O)O. The highest BCUT2D eigenvalue weighted by molar-refractivity contribution is 5.90. The van der Waals surface area contributed by atoms with Gasteiger partial charge in [0.1, 0.15) is 17.9 Å². The maximum Gasteiger partial charge on any atom is 0.326 e. The van der Waals surface area contributed by atoms with Crippen molar-refractivity contribution in [1.29, 1.82) is 0 Å². The number of halogens is 1. The van der Waals surface area contributed by atoms with E-state index in [2.05, 4.69) is 10.6 Å². The van der Waals surface area contributed by atoms with Crippen LogP contribution in [0.2, 0.25) is 0 Å². The fourth-order valence-corrected chi connectivity index (χ4v) is 2.61. The molecule has 0 aromatic heterocycles. The molecule has 2 amide bonds. The lowest BCUT2D eigenvalue weighted by Crippen LogP contribution is -2.54. The van der Waals surface area contributed by atoms with Crippen molar-refractivity contribution in [2.45, 2.75) is 45.7 Å². The van der Waals surface area contributed by atoms with Crippen molar-refractivity contribution in [2.24, 2.45) is 5.92 Å².